The highest BCUT2D eigenvalue weighted by molar-refractivity contribution is 5.89. The standard InChI is InChI=1S/C40H68N6O8.C3H8/c1-12-26(4)36(45(9)34(49)24-42-40(52)35(25(2)3)44(7)8)32(53-10)22-33(48)46-20-16-19-31(46)37(54-11)28(6)38(50)43-30(39(51)41-23-27(5)47)21-29-17-14-13-15-18-29;1-3-2/h13-15,17-18,25-28,30-32,35-37,47H,12,16,19-24H2,1-11H3,(H,41,51)(H,42,52)(H,43,50);3H2,1-2H3. The molecule has 2 rings (SSSR count). The van der Waals surface area contributed by atoms with Gasteiger partial charge in [0, 0.05) is 40.8 Å². The van der Waals surface area contributed by atoms with Crippen LogP contribution in [0, 0.1) is 17.8 Å². The van der Waals surface area contributed by atoms with Crippen molar-refractivity contribution in [3.63, 3.8) is 0 Å². The van der Waals surface area contributed by atoms with Gasteiger partial charge in [0.25, 0.3) is 0 Å². The van der Waals surface area contributed by atoms with E-state index >= 15 is 0 Å². The second-order valence-electron chi connectivity index (χ2n) is 16.1. The van der Waals surface area contributed by atoms with E-state index in [1.54, 1.807) is 30.7 Å². The van der Waals surface area contributed by atoms with Crippen molar-refractivity contribution in [3.05, 3.63) is 35.9 Å². The number of hydrogen-bond donors (Lipinski definition) is 4. The third-order valence-electron chi connectivity index (χ3n) is 10.7. The van der Waals surface area contributed by atoms with E-state index in [1.165, 1.54) is 20.6 Å². The minimum atomic E-state index is -0.891. The molecule has 0 spiro atoms. The van der Waals surface area contributed by atoms with E-state index in [0.717, 1.165) is 18.4 Å². The van der Waals surface area contributed by atoms with Crippen LogP contribution in [-0.2, 0) is 39.9 Å². The summed E-state index contributed by atoms with van der Waals surface area (Å²) in [7, 11) is 8.40. The number of aliphatic hydroxyl groups is 1. The predicted octanol–water partition coefficient (Wildman–Crippen LogP) is 3.25. The van der Waals surface area contributed by atoms with Gasteiger partial charge in [0.15, 0.2) is 0 Å². The average molecular weight is 805 g/mol. The molecular formula is C43H76N6O8. The molecule has 0 radical (unpaired) electrons. The Labute approximate surface area is 343 Å². The number of carbonyl (C=O) groups is 5. The van der Waals surface area contributed by atoms with Crippen molar-refractivity contribution >= 4 is 29.5 Å². The number of nitrogens with zero attached hydrogens (tertiary/aromatic N) is 3. The Kier molecular flexibility index (Phi) is 23.8. The van der Waals surface area contributed by atoms with Crippen molar-refractivity contribution in [3.8, 4) is 0 Å². The van der Waals surface area contributed by atoms with Gasteiger partial charge < -0.3 is 40.3 Å². The van der Waals surface area contributed by atoms with Crippen LogP contribution in [0.15, 0.2) is 30.3 Å². The molecule has 57 heavy (non-hydrogen) atoms. The fourth-order valence-electron chi connectivity index (χ4n) is 7.58. The Hall–Kier alpha value is -3.59. The minimum absolute atomic E-state index is 0.00164. The molecule has 14 nitrogen and oxygen atoms in total. The number of carbonyl (C=O) groups excluding carboxylic acids is 5. The molecule has 1 aliphatic heterocycles. The lowest BCUT2D eigenvalue weighted by Gasteiger charge is -2.39. The summed E-state index contributed by atoms with van der Waals surface area (Å²) in [6.45, 7) is 15.8. The first kappa shape index (κ1) is 51.4. The Bertz CT molecular complexity index is 1350. The highest BCUT2D eigenvalue weighted by Crippen LogP contribution is 2.29. The maximum absolute atomic E-state index is 14.1. The molecule has 1 fully saturated rings. The Morgan fingerprint density at radius 2 is 1.51 bits per heavy atom. The van der Waals surface area contributed by atoms with Gasteiger partial charge in [0.2, 0.25) is 29.5 Å². The number of benzene rings is 1. The van der Waals surface area contributed by atoms with Crippen LogP contribution in [0.2, 0.25) is 0 Å². The summed E-state index contributed by atoms with van der Waals surface area (Å²) in [5.41, 5.74) is 0.864. The van der Waals surface area contributed by atoms with Crippen LogP contribution >= 0.6 is 0 Å². The molecule has 1 saturated heterocycles. The lowest BCUT2D eigenvalue weighted by Crippen LogP contribution is -2.56. The van der Waals surface area contributed by atoms with E-state index in [4.69, 9.17) is 9.47 Å². The van der Waals surface area contributed by atoms with Crippen molar-refractivity contribution in [2.45, 2.75) is 136 Å². The molecule has 326 valence electrons. The number of methoxy groups -OCH3 is 2. The lowest BCUT2D eigenvalue weighted by molar-refractivity contribution is -0.146. The molecule has 4 N–H and O–H groups in total. The van der Waals surface area contributed by atoms with Gasteiger partial charge in [-0.05, 0) is 51.3 Å². The second-order valence-corrected chi connectivity index (χ2v) is 16.1. The molecule has 1 heterocycles. The molecule has 0 aromatic heterocycles. The molecule has 0 saturated carbocycles. The summed E-state index contributed by atoms with van der Waals surface area (Å²) < 4.78 is 11.9. The normalized spacial score (nSPS) is 18.2. The smallest absolute Gasteiger partial charge is 0.243 e. The van der Waals surface area contributed by atoms with Gasteiger partial charge in [0.05, 0.1) is 55.3 Å². The second kappa shape index (κ2) is 26.4. The van der Waals surface area contributed by atoms with E-state index in [2.05, 4.69) is 29.8 Å². The molecular weight excluding hydrogens is 729 g/mol. The third kappa shape index (κ3) is 16.3. The minimum Gasteiger partial charge on any atom is -0.392 e. The van der Waals surface area contributed by atoms with Crippen molar-refractivity contribution in [2.75, 3.05) is 55.0 Å². The molecule has 14 heteroatoms. The number of ether oxygens (including phenoxy) is 2. The summed E-state index contributed by atoms with van der Waals surface area (Å²) in [6.07, 6.45) is 1.53. The molecule has 9 unspecified atom stereocenters. The number of rotatable bonds is 22. The van der Waals surface area contributed by atoms with Gasteiger partial charge in [-0.2, -0.15) is 0 Å². The maximum atomic E-state index is 14.1. The van der Waals surface area contributed by atoms with Crippen LogP contribution in [0.1, 0.15) is 93.1 Å². The monoisotopic (exact) mass is 805 g/mol. The largest absolute Gasteiger partial charge is 0.392 e. The number of hydrogen-bond acceptors (Lipinski definition) is 9. The summed E-state index contributed by atoms with van der Waals surface area (Å²) in [6, 6.07) is 7.23. The zero-order valence-corrected chi connectivity index (χ0v) is 37.2. The SMILES string of the molecule is CCC.CCC(C)C(C(CC(=O)N1CCCC1C(OC)C(C)C(=O)NC(Cc1ccccc1)C(=O)NCC(C)O)OC)N(C)C(=O)CNC(=O)C(C(C)C)N(C)C. The molecule has 1 aromatic rings. The first-order chi connectivity index (χ1) is 26.9. The first-order valence-electron chi connectivity index (χ1n) is 20.7. The van der Waals surface area contributed by atoms with Crippen LogP contribution in [0.25, 0.3) is 0 Å². The zero-order chi connectivity index (χ0) is 43.4. The Balaban J connectivity index is 0.00000524. The van der Waals surface area contributed by atoms with Crippen LogP contribution in [0.5, 0.6) is 0 Å². The molecule has 1 aliphatic rings. The van der Waals surface area contributed by atoms with Crippen LogP contribution in [-0.4, -0.2) is 147 Å². The molecule has 0 bridgehead atoms. The number of likely N-dealkylation sites (N-methyl/N-ethyl adjacent to an activating group) is 2. The van der Waals surface area contributed by atoms with Gasteiger partial charge in [-0.15, -0.1) is 0 Å². The lowest BCUT2D eigenvalue weighted by atomic mass is 9.90. The maximum Gasteiger partial charge on any atom is 0.243 e. The van der Waals surface area contributed by atoms with E-state index in [0.29, 0.717) is 13.0 Å². The van der Waals surface area contributed by atoms with Crippen molar-refractivity contribution in [1.29, 1.82) is 0 Å². The Morgan fingerprint density at radius 3 is 2.02 bits per heavy atom. The van der Waals surface area contributed by atoms with Gasteiger partial charge >= 0.3 is 0 Å². The van der Waals surface area contributed by atoms with E-state index in [-0.39, 0.29) is 61.5 Å². The zero-order valence-electron chi connectivity index (χ0n) is 37.2. The highest BCUT2D eigenvalue weighted by Gasteiger charge is 2.42. The highest BCUT2D eigenvalue weighted by atomic mass is 16.5. The summed E-state index contributed by atoms with van der Waals surface area (Å²) in [5.74, 6) is -2.17. The number of nitrogens with one attached hydrogen (secondary N) is 3. The van der Waals surface area contributed by atoms with Crippen LogP contribution < -0.4 is 16.0 Å². The topological polar surface area (TPSA) is 170 Å². The molecule has 1 aromatic carbocycles. The van der Waals surface area contributed by atoms with Crippen molar-refractivity contribution < 1.29 is 38.6 Å². The van der Waals surface area contributed by atoms with Gasteiger partial charge in [0.1, 0.15) is 6.04 Å². The van der Waals surface area contributed by atoms with Crippen molar-refractivity contribution in [2.24, 2.45) is 17.8 Å². The molecule has 9 atom stereocenters. The molecule has 0 aliphatic carbocycles. The van der Waals surface area contributed by atoms with Gasteiger partial charge in [-0.3, -0.25) is 28.9 Å². The average Bonchev–Trinajstić information content (AvgIpc) is 3.65. The summed E-state index contributed by atoms with van der Waals surface area (Å²) in [5, 5.41) is 18.1. The summed E-state index contributed by atoms with van der Waals surface area (Å²) in [4.78, 5) is 72.6. The van der Waals surface area contributed by atoms with Gasteiger partial charge in [-0.25, -0.2) is 0 Å². The fraction of sp³-hybridized carbons (Fsp3) is 0.744. The quantitative estimate of drug-likeness (QED) is 0.138. The number of likely N-dealkylation sites (tertiary alicyclic amines) is 1. The third-order valence-corrected chi connectivity index (χ3v) is 10.7. The van der Waals surface area contributed by atoms with Crippen LogP contribution in [0.4, 0.5) is 0 Å². The van der Waals surface area contributed by atoms with E-state index < -0.39 is 54.2 Å². The number of amides is 5. The fourth-order valence-corrected chi connectivity index (χ4v) is 7.58. The van der Waals surface area contributed by atoms with Crippen LogP contribution in [0.3, 0.4) is 0 Å². The van der Waals surface area contributed by atoms with E-state index in [9.17, 15) is 29.1 Å². The van der Waals surface area contributed by atoms with E-state index in [1.807, 2.05) is 77.0 Å². The Morgan fingerprint density at radius 1 is 0.895 bits per heavy atom. The van der Waals surface area contributed by atoms with Gasteiger partial charge in [-0.1, -0.05) is 91.6 Å². The molecule has 5 amide bonds. The number of aliphatic hydroxyl groups excluding tert-OH is 1. The summed E-state index contributed by atoms with van der Waals surface area (Å²) >= 11 is 0. The first-order valence-corrected chi connectivity index (χ1v) is 20.7. The predicted molar refractivity (Wildman–Crippen MR) is 224 cm³/mol. The van der Waals surface area contributed by atoms with Crippen molar-refractivity contribution in [1.82, 2.24) is 30.7 Å².